The molecule has 18 heavy (non-hydrogen) atoms. The molecule has 1 fully saturated rings. The molecule has 3 rings (SSSR count). The van der Waals surface area contributed by atoms with Crippen molar-refractivity contribution in [3.05, 3.63) is 29.3 Å². The maximum atomic E-state index is 10.6. The third kappa shape index (κ3) is 2.44. The van der Waals surface area contributed by atoms with Gasteiger partial charge in [0.2, 0.25) is 0 Å². The maximum Gasteiger partial charge on any atom is 0.0946 e. The Kier molecular flexibility index (Phi) is 3.64. The van der Waals surface area contributed by atoms with Gasteiger partial charge in [-0.25, -0.2) is 0 Å². The summed E-state index contributed by atoms with van der Waals surface area (Å²) in [7, 11) is 0. The molecule has 1 aliphatic carbocycles. The number of hydrogen-bond donors (Lipinski definition) is 2. The molecule has 0 saturated heterocycles. The third-order valence-electron chi connectivity index (χ3n) is 3.97. The Labute approximate surface area is 113 Å². The van der Waals surface area contributed by atoms with Gasteiger partial charge in [-0.3, -0.25) is 0 Å². The first-order valence-corrected chi connectivity index (χ1v) is 7.95. The summed E-state index contributed by atoms with van der Waals surface area (Å²) in [4.78, 5) is 1.37. The number of rotatable bonds is 5. The van der Waals surface area contributed by atoms with Crippen LogP contribution in [0.2, 0.25) is 0 Å². The second-order valence-corrected chi connectivity index (χ2v) is 6.47. The van der Waals surface area contributed by atoms with Gasteiger partial charge >= 0.3 is 0 Å². The summed E-state index contributed by atoms with van der Waals surface area (Å²) in [6.45, 7) is 3.04. The van der Waals surface area contributed by atoms with E-state index in [1.807, 2.05) is 11.8 Å². The van der Waals surface area contributed by atoms with E-state index < -0.39 is 0 Å². The van der Waals surface area contributed by atoms with Crippen molar-refractivity contribution in [2.45, 2.75) is 43.2 Å². The predicted octanol–water partition coefficient (Wildman–Crippen LogP) is 2.76. The van der Waals surface area contributed by atoms with Crippen LogP contribution in [0, 0.1) is 5.92 Å². The van der Waals surface area contributed by atoms with Gasteiger partial charge in [0, 0.05) is 16.7 Å². The van der Waals surface area contributed by atoms with Crippen LogP contribution < -0.4 is 5.32 Å². The molecule has 0 radical (unpaired) electrons. The van der Waals surface area contributed by atoms with Gasteiger partial charge in [-0.1, -0.05) is 19.1 Å². The molecule has 2 N–H and O–H groups in total. The van der Waals surface area contributed by atoms with Crippen molar-refractivity contribution in [2.24, 2.45) is 5.92 Å². The molecule has 1 heterocycles. The molecule has 1 aliphatic heterocycles. The molecule has 0 amide bonds. The van der Waals surface area contributed by atoms with Crippen LogP contribution in [-0.4, -0.2) is 23.4 Å². The summed E-state index contributed by atoms with van der Waals surface area (Å²) in [5.74, 6) is 1.86. The Morgan fingerprint density at radius 3 is 3.00 bits per heavy atom. The lowest BCUT2D eigenvalue weighted by molar-refractivity contribution is 0.118. The van der Waals surface area contributed by atoms with Crippen molar-refractivity contribution in [1.82, 2.24) is 5.32 Å². The Morgan fingerprint density at radius 1 is 1.44 bits per heavy atom. The maximum absolute atomic E-state index is 10.6. The van der Waals surface area contributed by atoms with E-state index in [-0.39, 0.29) is 12.1 Å². The van der Waals surface area contributed by atoms with E-state index in [4.69, 9.17) is 0 Å². The summed E-state index contributed by atoms with van der Waals surface area (Å²) in [5.41, 5.74) is 2.53. The van der Waals surface area contributed by atoms with Crippen molar-refractivity contribution in [3.63, 3.8) is 0 Å². The number of aliphatic hydroxyl groups excluding tert-OH is 1. The highest BCUT2D eigenvalue weighted by molar-refractivity contribution is 7.99. The van der Waals surface area contributed by atoms with Gasteiger partial charge in [0.05, 0.1) is 6.10 Å². The highest BCUT2D eigenvalue weighted by Gasteiger charge is 2.36. The summed E-state index contributed by atoms with van der Waals surface area (Å²) in [6.07, 6.45) is 3.34. The predicted molar refractivity (Wildman–Crippen MR) is 76.0 cm³/mol. The van der Waals surface area contributed by atoms with Crippen LogP contribution in [-0.2, 0) is 6.42 Å². The summed E-state index contributed by atoms with van der Waals surface area (Å²) in [6, 6.07) is 6.75. The zero-order chi connectivity index (χ0) is 12.5. The molecule has 3 heteroatoms. The minimum atomic E-state index is -0.357. The average molecular weight is 263 g/mol. The van der Waals surface area contributed by atoms with Crippen molar-refractivity contribution in [3.8, 4) is 0 Å². The number of fused-ring (bicyclic) bond motifs is 1. The van der Waals surface area contributed by atoms with Crippen molar-refractivity contribution >= 4 is 11.8 Å². The van der Waals surface area contributed by atoms with E-state index in [2.05, 4.69) is 30.4 Å². The van der Waals surface area contributed by atoms with Gasteiger partial charge in [0.25, 0.3) is 0 Å². The molecule has 1 aromatic carbocycles. The van der Waals surface area contributed by atoms with E-state index >= 15 is 0 Å². The minimum Gasteiger partial charge on any atom is -0.387 e. The second kappa shape index (κ2) is 5.24. The molecule has 0 bridgehead atoms. The van der Waals surface area contributed by atoms with Crippen LogP contribution in [0.5, 0.6) is 0 Å². The van der Waals surface area contributed by atoms with Gasteiger partial charge in [0.1, 0.15) is 0 Å². The fourth-order valence-electron chi connectivity index (χ4n) is 2.80. The first-order chi connectivity index (χ1) is 8.79. The number of thioether (sulfide) groups is 1. The Hall–Kier alpha value is -0.510. The van der Waals surface area contributed by atoms with Crippen LogP contribution in [0.15, 0.2) is 23.1 Å². The fraction of sp³-hybridized carbons (Fsp3) is 0.600. The molecule has 0 spiro atoms. The van der Waals surface area contributed by atoms with E-state index in [1.165, 1.54) is 35.5 Å². The van der Waals surface area contributed by atoms with Gasteiger partial charge in [-0.15, -0.1) is 11.8 Å². The van der Waals surface area contributed by atoms with Gasteiger partial charge in [0.15, 0.2) is 0 Å². The lowest BCUT2D eigenvalue weighted by Crippen LogP contribution is -2.36. The minimum absolute atomic E-state index is 0.236. The van der Waals surface area contributed by atoms with Gasteiger partial charge < -0.3 is 10.4 Å². The zero-order valence-electron chi connectivity index (χ0n) is 10.9. The third-order valence-corrected chi connectivity index (χ3v) is 5.07. The zero-order valence-corrected chi connectivity index (χ0v) is 11.7. The second-order valence-electron chi connectivity index (χ2n) is 5.33. The summed E-state index contributed by atoms with van der Waals surface area (Å²) >= 11 is 1.92. The van der Waals surface area contributed by atoms with Gasteiger partial charge in [-0.05, 0) is 48.9 Å². The Balaban J connectivity index is 1.79. The standard InChI is InChI=1S/C15H21NOS/c1-2-16-14(11-4-5-11)15(17)12-6-3-10-7-8-18-13(10)9-12/h3,6,9,11,14-17H,2,4-5,7-8H2,1H3. The number of nitrogens with one attached hydrogen (secondary N) is 1. The van der Waals surface area contributed by atoms with Crippen LogP contribution in [0.1, 0.15) is 37.0 Å². The van der Waals surface area contributed by atoms with Crippen LogP contribution >= 0.6 is 11.8 Å². The topological polar surface area (TPSA) is 32.3 Å². The summed E-state index contributed by atoms with van der Waals surface area (Å²) < 4.78 is 0. The lowest BCUT2D eigenvalue weighted by Gasteiger charge is -2.24. The highest BCUT2D eigenvalue weighted by atomic mass is 32.2. The first kappa shape index (κ1) is 12.5. The van der Waals surface area contributed by atoms with E-state index in [0.717, 1.165) is 12.1 Å². The lowest BCUT2D eigenvalue weighted by atomic mass is 9.97. The number of aryl methyl sites for hydroxylation is 1. The average Bonchev–Trinajstić information content (AvgIpc) is 3.12. The number of likely N-dealkylation sites (N-methyl/N-ethyl adjacent to an activating group) is 1. The van der Waals surface area contributed by atoms with Crippen molar-refractivity contribution < 1.29 is 5.11 Å². The van der Waals surface area contributed by atoms with Gasteiger partial charge in [-0.2, -0.15) is 0 Å². The molecule has 2 atom stereocenters. The molecular formula is C15H21NOS. The van der Waals surface area contributed by atoms with E-state index in [0.29, 0.717) is 5.92 Å². The number of hydrogen-bond acceptors (Lipinski definition) is 3. The summed E-state index contributed by atoms with van der Waals surface area (Å²) in [5, 5.41) is 14.0. The molecule has 1 aromatic rings. The first-order valence-electron chi connectivity index (χ1n) is 6.96. The molecule has 0 aromatic heterocycles. The van der Waals surface area contributed by atoms with Crippen LogP contribution in [0.3, 0.4) is 0 Å². The molecule has 2 nitrogen and oxygen atoms in total. The number of benzene rings is 1. The highest BCUT2D eigenvalue weighted by Crippen LogP contribution is 2.40. The molecule has 1 saturated carbocycles. The Bertz CT molecular complexity index is 431. The smallest absolute Gasteiger partial charge is 0.0946 e. The van der Waals surface area contributed by atoms with Crippen molar-refractivity contribution in [1.29, 1.82) is 0 Å². The molecule has 98 valence electrons. The van der Waals surface area contributed by atoms with E-state index in [9.17, 15) is 5.11 Å². The molecule has 2 unspecified atom stereocenters. The molecule has 2 aliphatic rings. The van der Waals surface area contributed by atoms with Crippen LogP contribution in [0.25, 0.3) is 0 Å². The monoisotopic (exact) mass is 263 g/mol. The number of aliphatic hydroxyl groups is 1. The van der Waals surface area contributed by atoms with E-state index in [1.54, 1.807) is 0 Å². The fourth-order valence-corrected chi connectivity index (χ4v) is 3.92. The van der Waals surface area contributed by atoms with Crippen molar-refractivity contribution in [2.75, 3.05) is 12.3 Å². The van der Waals surface area contributed by atoms with Crippen LogP contribution in [0.4, 0.5) is 0 Å². The molecular weight excluding hydrogens is 242 g/mol. The SMILES string of the molecule is CCNC(C1CC1)C(O)c1ccc2c(c1)SCC2. The quantitative estimate of drug-likeness (QED) is 0.857. The largest absolute Gasteiger partial charge is 0.387 e. The Morgan fingerprint density at radius 2 is 2.28 bits per heavy atom. The normalized spacial score (nSPS) is 21.7.